The summed E-state index contributed by atoms with van der Waals surface area (Å²) >= 11 is 2.96. The van der Waals surface area contributed by atoms with E-state index in [9.17, 15) is 37.9 Å². The van der Waals surface area contributed by atoms with E-state index >= 15 is 0 Å². The van der Waals surface area contributed by atoms with Gasteiger partial charge in [-0.3, -0.25) is 28.5 Å². The second kappa shape index (κ2) is 10.7. The van der Waals surface area contributed by atoms with E-state index in [1.54, 1.807) is 0 Å². The molecule has 2 saturated heterocycles. The van der Waals surface area contributed by atoms with Gasteiger partial charge in [0.15, 0.2) is 16.0 Å². The Morgan fingerprint density at radius 1 is 1.45 bits per heavy atom. The molecule has 0 bridgehead atoms. The number of oxime groups is 1. The molecule has 0 aliphatic carbocycles. The van der Waals surface area contributed by atoms with Crippen molar-refractivity contribution in [2.45, 2.75) is 23.2 Å². The quantitative estimate of drug-likeness (QED) is 0.0880. The molecule has 5 N–H and O–H groups in total. The van der Waals surface area contributed by atoms with Crippen LogP contribution < -0.4 is 22.2 Å². The first-order valence-corrected chi connectivity index (χ1v) is 13.3. The molecule has 2 aromatic rings. The highest BCUT2D eigenvalue weighted by molar-refractivity contribution is 8.00. The van der Waals surface area contributed by atoms with Gasteiger partial charge in [-0.1, -0.05) is 16.9 Å². The van der Waals surface area contributed by atoms with Crippen LogP contribution in [0.1, 0.15) is 5.69 Å². The van der Waals surface area contributed by atoms with Gasteiger partial charge < -0.3 is 25.9 Å². The van der Waals surface area contributed by atoms with E-state index in [1.807, 2.05) is 5.10 Å². The number of anilines is 1. The highest BCUT2D eigenvalue weighted by Crippen LogP contribution is 2.44. The molecule has 2 fully saturated rings. The number of carboxylic acids is 1. The molecule has 20 heteroatoms. The predicted octanol–water partition coefficient (Wildman–Crippen LogP) is -1.29. The van der Waals surface area contributed by atoms with Crippen LogP contribution in [0.4, 0.5) is 13.9 Å². The van der Waals surface area contributed by atoms with Crippen molar-refractivity contribution >= 4 is 63.5 Å². The summed E-state index contributed by atoms with van der Waals surface area (Å²) in [5.41, 5.74) is 1.59. The van der Waals surface area contributed by atoms with Crippen molar-refractivity contribution in [2.75, 3.05) is 23.8 Å². The third-order valence-corrected chi connectivity index (χ3v) is 9.19. The first-order valence-electron chi connectivity index (χ1n) is 10.4. The van der Waals surface area contributed by atoms with Gasteiger partial charge in [-0.2, -0.15) is 8.78 Å². The molecule has 4 heterocycles. The van der Waals surface area contributed by atoms with Crippen LogP contribution >= 0.6 is 34.9 Å². The number of H-pyrrole nitrogens is 1. The molecule has 2 aliphatic heterocycles. The minimum Gasteiger partial charge on any atom is -0.481 e. The van der Waals surface area contributed by atoms with Crippen molar-refractivity contribution in [1.82, 2.24) is 30.0 Å². The summed E-state index contributed by atoms with van der Waals surface area (Å²) < 4.78 is 26.0. The Morgan fingerprint density at radius 3 is 2.82 bits per heavy atom. The Morgan fingerprint density at radius 2 is 2.18 bits per heavy atom. The molecule has 2 unspecified atom stereocenters. The zero-order chi connectivity index (χ0) is 27.8. The lowest BCUT2D eigenvalue weighted by Crippen LogP contribution is -2.74. The Bertz CT molecular complexity index is 1430. The molecule has 15 nitrogen and oxygen atoms in total. The highest BCUT2D eigenvalue weighted by Gasteiger charge is 2.57. The summed E-state index contributed by atoms with van der Waals surface area (Å²) in [5.74, 6) is -2.84. The van der Waals surface area contributed by atoms with Gasteiger partial charge in [0.1, 0.15) is 22.5 Å². The number of nitrogen functional groups attached to an aromatic ring is 1. The van der Waals surface area contributed by atoms with Crippen LogP contribution in [0.25, 0.3) is 0 Å². The van der Waals surface area contributed by atoms with Gasteiger partial charge in [-0.25, -0.2) is 10.1 Å². The minimum absolute atomic E-state index is 0.0332. The maximum Gasteiger partial charge on any atom is 0.407 e. The lowest BCUT2D eigenvalue weighted by Gasteiger charge is -2.53. The molecule has 2 amide bonds. The molecule has 0 radical (unpaired) electrons. The van der Waals surface area contributed by atoms with Gasteiger partial charge in [0.25, 0.3) is 5.91 Å². The highest BCUT2D eigenvalue weighted by atomic mass is 32.2. The number of rotatable bonds is 9. The van der Waals surface area contributed by atoms with Crippen molar-refractivity contribution in [3.05, 3.63) is 31.8 Å². The molecular formula is C18H18F2N8O7S3. The zero-order valence-electron chi connectivity index (χ0n) is 19.1. The van der Waals surface area contributed by atoms with Crippen LogP contribution in [-0.2, 0) is 26.3 Å². The number of β-lactam (4-membered cyclic amide) rings is 1. The number of aromatic nitrogens is 4. The van der Waals surface area contributed by atoms with E-state index in [4.69, 9.17) is 5.73 Å². The number of carboxylic acid groups (broad SMARTS) is 1. The molecule has 0 saturated carbocycles. The van der Waals surface area contributed by atoms with Crippen LogP contribution in [0, 0.1) is 5.41 Å². The monoisotopic (exact) mass is 592 g/mol. The number of thiazole rings is 1. The van der Waals surface area contributed by atoms with Crippen molar-refractivity contribution in [3.63, 3.8) is 0 Å². The fourth-order valence-corrected chi connectivity index (χ4v) is 6.93. The van der Waals surface area contributed by atoms with Crippen molar-refractivity contribution in [2.24, 2.45) is 17.6 Å². The molecule has 3 atom stereocenters. The predicted molar refractivity (Wildman–Crippen MR) is 131 cm³/mol. The number of hydrogen-bond donors (Lipinski definition) is 4. The maximum absolute atomic E-state index is 12.9. The largest absolute Gasteiger partial charge is 0.481 e. The number of nitrogens with one attached hydrogen (secondary N) is 2. The standard InChI is InChI=1S/C18H18F2N8O7S3/c1-27-12(32)10(30)24-25-17(27)38-5-18(14(33)34)3-28-11(31)8(13(28)37-4-18)23-9(29)7(26-35-15(19)20)6-2-36-16(21)22-6/h2,8,13,15H,3-5H2,1H3,(H2,21,22)(H,23,29)(H,24,30)(H,33,34)/t8?,13-,18?/m1/s1. The molecular weight excluding hydrogens is 574 g/mol. The van der Waals surface area contributed by atoms with Crippen LogP contribution in [0.15, 0.2) is 25.3 Å². The lowest BCUT2D eigenvalue weighted by atomic mass is 9.89. The van der Waals surface area contributed by atoms with E-state index in [0.29, 0.717) is 0 Å². The Balaban J connectivity index is 1.46. The van der Waals surface area contributed by atoms with Gasteiger partial charge >= 0.3 is 23.7 Å². The van der Waals surface area contributed by atoms with Crippen molar-refractivity contribution in [1.29, 1.82) is 0 Å². The number of aliphatic carboxylic acids is 1. The second-order valence-corrected chi connectivity index (χ2v) is 11.0. The lowest BCUT2D eigenvalue weighted by molar-refractivity contribution is -0.157. The van der Waals surface area contributed by atoms with Crippen LogP contribution in [-0.4, -0.2) is 89.3 Å². The number of nitrogens with zero attached hydrogens (tertiary/aromatic N) is 5. The molecule has 2 aliphatic rings. The number of thioether (sulfide) groups is 2. The van der Waals surface area contributed by atoms with Gasteiger partial charge in [0.05, 0.1) is 0 Å². The second-order valence-electron chi connectivity index (χ2n) is 8.07. The normalized spacial score (nSPS) is 23.1. The van der Waals surface area contributed by atoms with Gasteiger partial charge in [0.2, 0.25) is 5.91 Å². The van der Waals surface area contributed by atoms with E-state index < -0.39 is 58.1 Å². The van der Waals surface area contributed by atoms with E-state index in [1.165, 1.54) is 17.3 Å². The van der Waals surface area contributed by atoms with Crippen molar-refractivity contribution in [3.8, 4) is 0 Å². The number of carbonyl (C=O) groups excluding carboxylic acids is 2. The molecule has 2 aromatic heterocycles. The smallest absolute Gasteiger partial charge is 0.407 e. The topological polar surface area (TPSA) is 215 Å². The number of halogens is 2. The van der Waals surface area contributed by atoms with Crippen LogP contribution in [0.5, 0.6) is 0 Å². The number of hydrogen-bond acceptors (Lipinski definition) is 13. The Hall–Kier alpha value is -3.52. The third kappa shape index (κ3) is 5.23. The summed E-state index contributed by atoms with van der Waals surface area (Å²) in [6.07, 6.45) is 0. The fourth-order valence-electron chi connectivity index (χ4n) is 3.60. The molecule has 204 valence electrons. The number of nitrogens with two attached hydrogens (primary N) is 1. The number of alkyl halides is 2. The SMILES string of the molecule is Cn1c(SCC2(C(=O)O)CS[C@@H]3C(NC(=O)C(=NOC(F)F)c4csc(N)n4)C(=O)N3C2)n[nH]c(=O)c1=O. The molecule has 0 aromatic carbocycles. The fraction of sp³-hybridized carbons (Fsp3) is 0.444. The molecule has 0 spiro atoms. The van der Waals surface area contributed by atoms with E-state index in [2.05, 4.69) is 25.4 Å². The number of aromatic amines is 1. The van der Waals surface area contributed by atoms with Crippen LogP contribution in [0.3, 0.4) is 0 Å². The number of carbonyl (C=O) groups is 3. The summed E-state index contributed by atoms with van der Waals surface area (Å²) in [6.45, 7) is -3.51. The summed E-state index contributed by atoms with van der Waals surface area (Å²) in [5, 5.41) is 22.2. The van der Waals surface area contributed by atoms with Crippen LogP contribution in [0.2, 0.25) is 0 Å². The average molecular weight is 593 g/mol. The summed E-state index contributed by atoms with van der Waals surface area (Å²) in [7, 11) is 1.32. The Labute approximate surface area is 222 Å². The summed E-state index contributed by atoms with van der Waals surface area (Å²) in [6, 6.07) is -1.08. The summed E-state index contributed by atoms with van der Waals surface area (Å²) in [4.78, 5) is 70.1. The maximum atomic E-state index is 12.9. The first kappa shape index (κ1) is 27.5. The molecule has 38 heavy (non-hydrogen) atoms. The Kier molecular flexibility index (Phi) is 7.74. The average Bonchev–Trinajstić information content (AvgIpc) is 3.30. The first-order chi connectivity index (χ1) is 17.9. The zero-order valence-corrected chi connectivity index (χ0v) is 21.6. The molecule has 4 rings (SSSR count). The third-order valence-electron chi connectivity index (χ3n) is 5.60. The van der Waals surface area contributed by atoms with Gasteiger partial charge in [-0.05, 0) is 0 Å². The number of amides is 2. The van der Waals surface area contributed by atoms with E-state index in [-0.39, 0.29) is 34.0 Å². The minimum atomic E-state index is -3.31. The number of fused-ring (bicyclic) bond motifs is 1. The van der Waals surface area contributed by atoms with Gasteiger partial charge in [0, 0.05) is 30.5 Å². The van der Waals surface area contributed by atoms with E-state index in [0.717, 1.165) is 39.4 Å². The van der Waals surface area contributed by atoms with Crippen molar-refractivity contribution < 1.29 is 33.1 Å². The van der Waals surface area contributed by atoms with Gasteiger partial charge in [-0.15, -0.1) is 28.2 Å².